The number of hydrogen-bond donors (Lipinski definition) is 2. The van der Waals surface area contributed by atoms with E-state index < -0.39 is 5.54 Å². The van der Waals surface area contributed by atoms with Crippen LogP contribution in [0.4, 0.5) is 0 Å². The summed E-state index contributed by atoms with van der Waals surface area (Å²) in [5, 5.41) is 5.89. The maximum Gasteiger partial charge on any atom is 0.245 e. The van der Waals surface area contributed by atoms with E-state index in [9.17, 15) is 9.59 Å². The van der Waals surface area contributed by atoms with Crippen molar-refractivity contribution in [1.29, 1.82) is 0 Å². The number of benzene rings is 1. The molecule has 1 aliphatic rings. The summed E-state index contributed by atoms with van der Waals surface area (Å²) >= 11 is 3.38. The van der Waals surface area contributed by atoms with Gasteiger partial charge in [0.05, 0.1) is 6.42 Å². The highest BCUT2D eigenvalue weighted by Gasteiger charge is 2.40. The topological polar surface area (TPSA) is 58.2 Å². The number of likely N-dealkylation sites (N-methyl/N-ethyl adjacent to an activating group) is 1. The van der Waals surface area contributed by atoms with Gasteiger partial charge in [-0.15, -0.1) is 0 Å². The molecule has 2 N–H and O–H groups in total. The second-order valence-electron chi connectivity index (χ2n) is 5.85. The summed E-state index contributed by atoms with van der Waals surface area (Å²) in [5.74, 6) is -0.130. The molecule has 0 aromatic heterocycles. The minimum Gasteiger partial charge on any atom is -0.354 e. The van der Waals surface area contributed by atoms with Gasteiger partial charge in [-0.2, -0.15) is 0 Å². The number of hydrogen-bond acceptors (Lipinski definition) is 2. The van der Waals surface area contributed by atoms with Crippen molar-refractivity contribution in [2.45, 2.75) is 51.0 Å². The number of carbonyl (C=O) groups is 2. The molecule has 120 valence electrons. The summed E-state index contributed by atoms with van der Waals surface area (Å²) in [4.78, 5) is 24.8. The van der Waals surface area contributed by atoms with E-state index in [2.05, 4.69) is 26.6 Å². The smallest absolute Gasteiger partial charge is 0.245 e. The van der Waals surface area contributed by atoms with Gasteiger partial charge >= 0.3 is 0 Å². The van der Waals surface area contributed by atoms with Crippen molar-refractivity contribution >= 4 is 27.7 Å². The molecule has 0 atom stereocenters. The highest BCUT2D eigenvalue weighted by molar-refractivity contribution is 9.10. The van der Waals surface area contributed by atoms with Gasteiger partial charge in [0.15, 0.2) is 0 Å². The van der Waals surface area contributed by atoms with Crippen LogP contribution in [-0.2, 0) is 16.0 Å². The Balaban J connectivity index is 2.04. The van der Waals surface area contributed by atoms with Gasteiger partial charge in [0.25, 0.3) is 0 Å². The van der Waals surface area contributed by atoms with Crippen molar-refractivity contribution < 1.29 is 9.59 Å². The third-order valence-corrected chi connectivity index (χ3v) is 4.66. The molecular formula is C17H23BrN2O2. The molecule has 1 saturated carbocycles. The summed E-state index contributed by atoms with van der Waals surface area (Å²) in [6.07, 6.45) is 4.85. The summed E-state index contributed by atoms with van der Waals surface area (Å²) in [5.41, 5.74) is 0.225. The van der Waals surface area contributed by atoms with Gasteiger partial charge in [0.2, 0.25) is 11.8 Å². The summed E-state index contributed by atoms with van der Waals surface area (Å²) in [6, 6.07) is 7.68. The number of halogens is 1. The molecule has 0 aliphatic heterocycles. The molecule has 0 spiro atoms. The van der Waals surface area contributed by atoms with Crippen LogP contribution >= 0.6 is 15.9 Å². The van der Waals surface area contributed by atoms with Crippen LogP contribution in [0.25, 0.3) is 0 Å². The molecule has 0 radical (unpaired) electrons. The van der Waals surface area contributed by atoms with Crippen LogP contribution in [0.15, 0.2) is 28.7 Å². The molecule has 0 heterocycles. The third-order valence-electron chi connectivity index (χ3n) is 4.14. The molecule has 0 saturated heterocycles. The Morgan fingerprint density at radius 1 is 1.14 bits per heavy atom. The Morgan fingerprint density at radius 3 is 2.36 bits per heavy atom. The lowest BCUT2D eigenvalue weighted by Gasteiger charge is -2.36. The van der Waals surface area contributed by atoms with E-state index in [4.69, 9.17) is 0 Å². The number of amides is 2. The number of nitrogens with one attached hydrogen (secondary N) is 2. The first-order valence-electron chi connectivity index (χ1n) is 7.89. The maximum absolute atomic E-state index is 12.4. The highest BCUT2D eigenvalue weighted by atomic mass is 79.9. The molecule has 0 unspecified atom stereocenters. The lowest BCUT2D eigenvalue weighted by molar-refractivity contribution is -0.134. The van der Waals surface area contributed by atoms with Crippen molar-refractivity contribution in [1.82, 2.24) is 10.6 Å². The van der Waals surface area contributed by atoms with Crippen LogP contribution in [0.5, 0.6) is 0 Å². The first-order valence-corrected chi connectivity index (χ1v) is 8.69. The van der Waals surface area contributed by atoms with Crippen LogP contribution in [-0.4, -0.2) is 23.9 Å². The van der Waals surface area contributed by atoms with E-state index in [0.29, 0.717) is 13.0 Å². The maximum atomic E-state index is 12.4. The average molecular weight is 367 g/mol. The minimum atomic E-state index is -0.722. The molecule has 1 aliphatic carbocycles. The van der Waals surface area contributed by atoms with Gasteiger partial charge in [0, 0.05) is 11.0 Å². The van der Waals surface area contributed by atoms with Crippen molar-refractivity contribution in [2.24, 2.45) is 0 Å². The Hall–Kier alpha value is -1.36. The van der Waals surface area contributed by atoms with Crippen molar-refractivity contribution in [3.63, 3.8) is 0 Å². The van der Waals surface area contributed by atoms with E-state index in [-0.39, 0.29) is 11.8 Å². The van der Waals surface area contributed by atoms with Gasteiger partial charge in [-0.3, -0.25) is 9.59 Å². The van der Waals surface area contributed by atoms with E-state index in [0.717, 1.165) is 42.1 Å². The fourth-order valence-corrected chi connectivity index (χ4v) is 3.26. The van der Waals surface area contributed by atoms with Gasteiger partial charge in [0.1, 0.15) is 5.54 Å². The van der Waals surface area contributed by atoms with E-state index in [1.807, 2.05) is 31.2 Å². The Labute approximate surface area is 140 Å². The first kappa shape index (κ1) is 17.0. The fraction of sp³-hybridized carbons (Fsp3) is 0.529. The van der Waals surface area contributed by atoms with Crippen LogP contribution in [0.2, 0.25) is 0 Å². The average Bonchev–Trinajstić information content (AvgIpc) is 2.50. The Bertz CT molecular complexity index is 522. The van der Waals surface area contributed by atoms with E-state index >= 15 is 0 Å². The SMILES string of the molecule is CCNC(=O)C1(NC(=O)Cc2ccc(Br)cc2)CCCCC1. The van der Waals surface area contributed by atoms with Crippen molar-refractivity contribution in [2.75, 3.05) is 6.54 Å². The molecule has 22 heavy (non-hydrogen) atoms. The lowest BCUT2D eigenvalue weighted by atomic mass is 9.80. The monoisotopic (exact) mass is 366 g/mol. The molecule has 2 amide bonds. The van der Waals surface area contributed by atoms with E-state index in [1.165, 1.54) is 0 Å². The second-order valence-corrected chi connectivity index (χ2v) is 6.77. The summed E-state index contributed by atoms with van der Waals surface area (Å²) in [7, 11) is 0. The molecule has 5 heteroatoms. The Morgan fingerprint density at radius 2 is 1.77 bits per heavy atom. The van der Waals surface area contributed by atoms with Crippen molar-refractivity contribution in [3.8, 4) is 0 Å². The van der Waals surface area contributed by atoms with E-state index in [1.54, 1.807) is 0 Å². The van der Waals surface area contributed by atoms with Gasteiger partial charge in [-0.1, -0.05) is 47.3 Å². The summed E-state index contributed by atoms with van der Waals surface area (Å²) < 4.78 is 0.989. The Kier molecular flexibility index (Phi) is 6.00. The second kappa shape index (κ2) is 7.77. The number of carbonyl (C=O) groups excluding carboxylic acids is 2. The predicted octanol–water partition coefficient (Wildman–Crippen LogP) is 2.95. The fourth-order valence-electron chi connectivity index (χ4n) is 2.99. The molecular weight excluding hydrogens is 344 g/mol. The van der Waals surface area contributed by atoms with Gasteiger partial charge in [-0.25, -0.2) is 0 Å². The lowest BCUT2D eigenvalue weighted by Crippen LogP contribution is -2.60. The normalized spacial score (nSPS) is 16.8. The largest absolute Gasteiger partial charge is 0.354 e. The zero-order chi connectivity index (χ0) is 16.0. The predicted molar refractivity (Wildman–Crippen MR) is 90.5 cm³/mol. The molecule has 4 nitrogen and oxygen atoms in total. The third kappa shape index (κ3) is 4.32. The zero-order valence-corrected chi connectivity index (χ0v) is 14.5. The number of rotatable bonds is 5. The summed E-state index contributed by atoms with van der Waals surface area (Å²) in [6.45, 7) is 2.49. The van der Waals surface area contributed by atoms with Crippen molar-refractivity contribution in [3.05, 3.63) is 34.3 Å². The molecule has 2 rings (SSSR count). The van der Waals surface area contributed by atoms with Crippen LogP contribution in [0.1, 0.15) is 44.6 Å². The molecule has 0 bridgehead atoms. The molecule has 1 aromatic carbocycles. The highest BCUT2D eigenvalue weighted by Crippen LogP contribution is 2.28. The zero-order valence-electron chi connectivity index (χ0n) is 13.0. The van der Waals surface area contributed by atoms with Crippen LogP contribution in [0, 0.1) is 0 Å². The first-order chi connectivity index (χ1) is 10.6. The standard InChI is InChI=1S/C17H23BrN2O2/c1-2-19-16(22)17(10-4-3-5-11-17)20-15(21)12-13-6-8-14(18)9-7-13/h6-9H,2-5,10-12H2,1H3,(H,19,22)(H,20,21). The van der Waals surface area contributed by atoms with Crippen LogP contribution < -0.4 is 10.6 Å². The molecule has 1 aromatic rings. The van der Waals surface area contributed by atoms with Gasteiger partial charge < -0.3 is 10.6 Å². The minimum absolute atomic E-state index is 0.0427. The van der Waals surface area contributed by atoms with Crippen LogP contribution in [0.3, 0.4) is 0 Å². The van der Waals surface area contributed by atoms with Gasteiger partial charge in [-0.05, 0) is 37.5 Å². The molecule has 1 fully saturated rings. The quantitative estimate of drug-likeness (QED) is 0.841.